The summed E-state index contributed by atoms with van der Waals surface area (Å²) >= 11 is 0. The van der Waals surface area contributed by atoms with Gasteiger partial charge in [0, 0.05) is 11.6 Å². The summed E-state index contributed by atoms with van der Waals surface area (Å²) in [5.41, 5.74) is 2.40. The Morgan fingerprint density at radius 2 is 2.05 bits per heavy atom. The molecule has 1 aromatic rings. The molecule has 0 unspecified atom stereocenters. The van der Waals surface area contributed by atoms with Crippen LogP contribution in [0.4, 0.5) is 0 Å². The average Bonchev–Trinajstić information content (AvgIpc) is 2.40. The first kappa shape index (κ1) is 13.7. The third-order valence-electron chi connectivity index (χ3n) is 5.95. The van der Waals surface area contributed by atoms with Crippen molar-refractivity contribution in [3.63, 3.8) is 0 Å². The fourth-order valence-electron chi connectivity index (χ4n) is 4.38. The second-order valence-corrected chi connectivity index (χ2v) is 7.40. The topological polar surface area (TPSA) is 29.1 Å². The van der Waals surface area contributed by atoms with Crippen LogP contribution < -0.4 is 5.32 Å². The van der Waals surface area contributed by atoms with Crippen molar-refractivity contribution in [1.29, 1.82) is 0 Å². The zero-order chi connectivity index (χ0) is 14.5. The van der Waals surface area contributed by atoms with E-state index >= 15 is 0 Å². The maximum atomic E-state index is 12.4. The molecule has 1 aromatic carbocycles. The van der Waals surface area contributed by atoms with E-state index in [0.29, 0.717) is 17.4 Å². The SMILES string of the molecule is Cc1cccc(C(=O)N[C@@H]2C[C@@H]3C[C@H]([C@H]2C)C3(C)C)c1. The fourth-order valence-corrected chi connectivity index (χ4v) is 4.38. The number of benzene rings is 1. The lowest BCUT2D eigenvalue weighted by Crippen LogP contribution is -2.60. The second-order valence-electron chi connectivity index (χ2n) is 7.40. The number of carbonyl (C=O) groups excluding carboxylic acids is 1. The molecule has 20 heavy (non-hydrogen) atoms. The maximum absolute atomic E-state index is 12.4. The number of hydrogen-bond donors (Lipinski definition) is 1. The van der Waals surface area contributed by atoms with E-state index in [0.717, 1.165) is 29.4 Å². The first-order valence-electron chi connectivity index (χ1n) is 7.77. The number of amides is 1. The molecule has 3 aliphatic carbocycles. The molecular weight excluding hydrogens is 246 g/mol. The van der Waals surface area contributed by atoms with E-state index in [9.17, 15) is 4.79 Å². The summed E-state index contributed by atoms with van der Waals surface area (Å²) in [4.78, 5) is 12.4. The third kappa shape index (κ3) is 2.06. The molecule has 3 aliphatic rings. The molecule has 0 radical (unpaired) electrons. The van der Waals surface area contributed by atoms with Crippen LogP contribution in [0.2, 0.25) is 0 Å². The minimum Gasteiger partial charge on any atom is -0.349 e. The number of carbonyl (C=O) groups is 1. The fraction of sp³-hybridized carbons (Fsp3) is 0.611. The second kappa shape index (κ2) is 4.61. The van der Waals surface area contributed by atoms with Crippen LogP contribution in [0, 0.1) is 30.1 Å². The van der Waals surface area contributed by atoms with Crippen LogP contribution in [-0.4, -0.2) is 11.9 Å². The summed E-state index contributed by atoms with van der Waals surface area (Å²) in [7, 11) is 0. The molecule has 0 saturated heterocycles. The zero-order valence-electron chi connectivity index (χ0n) is 12.9. The summed E-state index contributed by atoms with van der Waals surface area (Å²) in [6, 6.07) is 8.20. The molecule has 4 rings (SSSR count). The highest BCUT2D eigenvalue weighted by Gasteiger charge is 2.56. The van der Waals surface area contributed by atoms with Gasteiger partial charge in [0.05, 0.1) is 0 Å². The Balaban J connectivity index is 1.69. The van der Waals surface area contributed by atoms with Gasteiger partial charge in [-0.1, -0.05) is 38.5 Å². The normalized spacial score (nSPS) is 34.2. The molecule has 3 saturated carbocycles. The molecule has 0 aliphatic heterocycles. The highest BCUT2D eigenvalue weighted by molar-refractivity contribution is 5.94. The van der Waals surface area contributed by atoms with E-state index in [-0.39, 0.29) is 5.91 Å². The lowest BCUT2D eigenvalue weighted by atomic mass is 9.45. The van der Waals surface area contributed by atoms with Crippen LogP contribution in [0.15, 0.2) is 24.3 Å². The highest BCUT2D eigenvalue weighted by Crippen LogP contribution is 2.61. The summed E-state index contributed by atoms with van der Waals surface area (Å²) in [6.45, 7) is 9.11. The number of nitrogens with one attached hydrogen (secondary N) is 1. The first-order valence-corrected chi connectivity index (χ1v) is 7.77. The van der Waals surface area contributed by atoms with Crippen LogP contribution in [-0.2, 0) is 0 Å². The summed E-state index contributed by atoms with van der Waals surface area (Å²) in [6.07, 6.45) is 2.49. The van der Waals surface area contributed by atoms with Gasteiger partial charge in [-0.2, -0.15) is 0 Å². The Hall–Kier alpha value is -1.31. The van der Waals surface area contributed by atoms with E-state index in [1.54, 1.807) is 0 Å². The van der Waals surface area contributed by atoms with Crippen LogP contribution in [0.25, 0.3) is 0 Å². The van der Waals surface area contributed by atoms with E-state index < -0.39 is 0 Å². The van der Waals surface area contributed by atoms with Gasteiger partial charge in [-0.3, -0.25) is 4.79 Å². The van der Waals surface area contributed by atoms with Crippen LogP contribution in [0.1, 0.15) is 49.5 Å². The number of hydrogen-bond acceptors (Lipinski definition) is 1. The Morgan fingerprint density at radius 1 is 1.30 bits per heavy atom. The lowest BCUT2D eigenvalue weighted by molar-refractivity contribution is -0.113. The average molecular weight is 271 g/mol. The third-order valence-corrected chi connectivity index (χ3v) is 5.95. The first-order chi connectivity index (χ1) is 9.39. The molecular formula is C18H25NO. The van der Waals surface area contributed by atoms with E-state index in [1.165, 1.54) is 6.42 Å². The van der Waals surface area contributed by atoms with Crippen molar-refractivity contribution in [2.45, 2.75) is 46.6 Å². The van der Waals surface area contributed by atoms with Crippen molar-refractivity contribution in [2.75, 3.05) is 0 Å². The van der Waals surface area contributed by atoms with Gasteiger partial charge in [0.15, 0.2) is 0 Å². The number of rotatable bonds is 2. The lowest BCUT2D eigenvalue weighted by Gasteiger charge is -2.62. The monoisotopic (exact) mass is 271 g/mol. The molecule has 2 nitrogen and oxygen atoms in total. The van der Waals surface area contributed by atoms with Crippen molar-refractivity contribution in [2.24, 2.45) is 23.2 Å². The Bertz CT molecular complexity index is 534. The van der Waals surface area contributed by atoms with E-state index in [2.05, 4.69) is 26.1 Å². The number of fused-ring (bicyclic) bond motifs is 2. The van der Waals surface area contributed by atoms with Gasteiger partial charge in [0.1, 0.15) is 0 Å². The van der Waals surface area contributed by atoms with E-state index in [1.807, 2.05) is 31.2 Å². The Labute approximate surface area is 122 Å². The Morgan fingerprint density at radius 3 is 2.65 bits per heavy atom. The summed E-state index contributed by atoms with van der Waals surface area (Å²) < 4.78 is 0. The van der Waals surface area contributed by atoms with Crippen LogP contribution in [0.3, 0.4) is 0 Å². The zero-order valence-corrected chi connectivity index (χ0v) is 12.9. The quantitative estimate of drug-likeness (QED) is 0.871. The molecule has 2 bridgehead atoms. The largest absolute Gasteiger partial charge is 0.349 e. The molecule has 108 valence electrons. The van der Waals surface area contributed by atoms with Crippen molar-refractivity contribution in [3.8, 4) is 0 Å². The molecule has 0 aromatic heterocycles. The minimum absolute atomic E-state index is 0.0876. The van der Waals surface area contributed by atoms with Gasteiger partial charge in [0.25, 0.3) is 5.91 Å². The molecule has 1 N–H and O–H groups in total. The predicted molar refractivity (Wildman–Crippen MR) is 81.6 cm³/mol. The van der Waals surface area contributed by atoms with Gasteiger partial charge in [-0.25, -0.2) is 0 Å². The molecule has 0 heterocycles. The molecule has 3 fully saturated rings. The smallest absolute Gasteiger partial charge is 0.251 e. The van der Waals surface area contributed by atoms with Crippen molar-refractivity contribution < 1.29 is 4.79 Å². The van der Waals surface area contributed by atoms with Crippen molar-refractivity contribution in [1.82, 2.24) is 5.32 Å². The predicted octanol–water partition coefficient (Wildman–Crippen LogP) is 3.80. The van der Waals surface area contributed by atoms with Crippen molar-refractivity contribution >= 4 is 5.91 Å². The maximum Gasteiger partial charge on any atom is 0.251 e. The number of aryl methyl sites for hydroxylation is 1. The van der Waals surface area contributed by atoms with Gasteiger partial charge in [-0.05, 0) is 55.1 Å². The van der Waals surface area contributed by atoms with Gasteiger partial charge in [-0.15, -0.1) is 0 Å². The van der Waals surface area contributed by atoms with Gasteiger partial charge < -0.3 is 5.32 Å². The highest BCUT2D eigenvalue weighted by atomic mass is 16.1. The van der Waals surface area contributed by atoms with Crippen molar-refractivity contribution in [3.05, 3.63) is 35.4 Å². The standard InChI is InChI=1S/C18H25NO/c1-11-6-5-7-13(8-11)17(20)19-16-10-14-9-15(12(16)2)18(14,3)4/h5-8,12,14-16H,9-10H2,1-4H3,(H,19,20)/t12-,14+,15-,16-/m1/s1. The summed E-state index contributed by atoms with van der Waals surface area (Å²) in [5.74, 6) is 2.23. The molecule has 0 spiro atoms. The van der Waals surface area contributed by atoms with Crippen LogP contribution in [0.5, 0.6) is 0 Å². The van der Waals surface area contributed by atoms with Crippen LogP contribution >= 0.6 is 0 Å². The molecule has 1 amide bonds. The molecule has 2 heteroatoms. The molecule has 4 atom stereocenters. The van der Waals surface area contributed by atoms with Gasteiger partial charge in [0.2, 0.25) is 0 Å². The summed E-state index contributed by atoms with van der Waals surface area (Å²) in [5, 5.41) is 3.27. The van der Waals surface area contributed by atoms with Gasteiger partial charge >= 0.3 is 0 Å². The van der Waals surface area contributed by atoms with E-state index in [4.69, 9.17) is 0 Å². The minimum atomic E-state index is 0.0876. The Kier molecular flexibility index (Phi) is 3.15.